The molecule has 4 aromatic rings. The summed E-state index contributed by atoms with van der Waals surface area (Å²) in [6.45, 7) is 1.71. The molecule has 0 saturated carbocycles. The Morgan fingerprint density at radius 3 is 2.75 bits per heavy atom. The van der Waals surface area contributed by atoms with Crippen molar-refractivity contribution in [2.45, 2.75) is 13.3 Å². The first kappa shape index (κ1) is 17.9. The van der Waals surface area contributed by atoms with Crippen LogP contribution in [-0.4, -0.2) is 26.4 Å². The first-order valence-electron chi connectivity index (χ1n) is 8.78. The summed E-state index contributed by atoms with van der Waals surface area (Å²) in [7, 11) is 3.34. The fraction of sp³-hybridized carbons (Fsp3) is 0.190. The monoisotopic (exact) mass is 378 g/mol. The van der Waals surface area contributed by atoms with Gasteiger partial charge in [0.25, 0.3) is 5.56 Å². The van der Waals surface area contributed by atoms with Crippen LogP contribution in [0.1, 0.15) is 16.7 Å². The summed E-state index contributed by atoms with van der Waals surface area (Å²) >= 11 is 0. The predicted octanol–water partition coefficient (Wildman–Crippen LogP) is 3.17. The van der Waals surface area contributed by atoms with Crippen LogP contribution in [-0.2, 0) is 13.5 Å². The lowest BCUT2D eigenvalue weighted by atomic mass is 10.0. The van der Waals surface area contributed by atoms with E-state index < -0.39 is 0 Å². The van der Waals surface area contributed by atoms with Crippen molar-refractivity contribution in [3.05, 3.63) is 81.9 Å². The van der Waals surface area contributed by atoms with Gasteiger partial charge in [0.1, 0.15) is 17.9 Å². The summed E-state index contributed by atoms with van der Waals surface area (Å²) < 4.78 is 22.9. The van der Waals surface area contributed by atoms with Crippen molar-refractivity contribution in [1.29, 1.82) is 0 Å². The Bertz CT molecular complexity index is 1240. The second-order valence-electron chi connectivity index (χ2n) is 6.74. The number of benzene rings is 2. The third kappa shape index (κ3) is 3.15. The summed E-state index contributed by atoms with van der Waals surface area (Å²) in [6, 6.07) is 8.76. The Labute approximate surface area is 160 Å². The highest BCUT2D eigenvalue weighted by Gasteiger charge is 2.12. The number of ether oxygens (including phenoxy) is 1. The van der Waals surface area contributed by atoms with Gasteiger partial charge in [-0.2, -0.15) is 5.10 Å². The molecule has 2 aromatic heterocycles. The van der Waals surface area contributed by atoms with Crippen molar-refractivity contribution in [3.8, 4) is 11.4 Å². The van der Waals surface area contributed by atoms with Crippen LogP contribution in [0.25, 0.3) is 16.6 Å². The second-order valence-corrected chi connectivity index (χ2v) is 6.74. The van der Waals surface area contributed by atoms with E-state index in [-0.39, 0.29) is 11.4 Å². The Hall–Kier alpha value is -3.48. The standard InChI is InChI=1S/C21H19FN4O2/c1-13-6-17(28-3)9-15(20(13)22)7-14-4-5-19-18(8-14)21(27)26(12-23-19)16-10-24-25(2)11-16/h4-6,8-12H,7H2,1-3H3. The van der Waals surface area contributed by atoms with E-state index in [1.807, 2.05) is 6.07 Å². The third-order valence-corrected chi connectivity index (χ3v) is 4.73. The van der Waals surface area contributed by atoms with Crippen LogP contribution in [0.5, 0.6) is 5.75 Å². The molecule has 0 bridgehead atoms. The number of methoxy groups -OCH3 is 1. The summed E-state index contributed by atoms with van der Waals surface area (Å²) in [5.74, 6) is 0.343. The Kier molecular flexibility index (Phi) is 4.43. The molecule has 28 heavy (non-hydrogen) atoms. The van der Waals surface area contributed by atoms with Crippen LogP contribution < -0.4 is 10.3 Å². The number of aromatic nitrogens is 4. The predicted molar refractivity (Wildman–Crippen MR) is 105 cm³/mol. The minimum Gasteiger partial charge on any atom is -0.497 e. The summed E-state index contributed by atoms with van der Waals surface area (Å²) in [4.78, 5) is 17.3. The summed E-state index contributed by atoms with van der Waals surface area (Å²) in [5, 5.41) is 4.57. The maximum atomic E-state index is 14.5. The van der Waals surface area contributed by atoms with Gasteiger partial charge in [-0.25, -0.2) is 9.37 Å². The van der Waals surface area contributed by atoms with Crippen molar-refractivity contribution in [2.24, 2.45) is 7.05 Å². The van der Waals surface area contributed by atoms with Crippen LogP contribution in [0, 0.1) is 12.7 Å². The molecule has 4 rings (SSSR count). The zero-order valence-corrected chi connectivity index (χ0v) is 15.8. The number of rotatable bonds is 4. The SMILES string of the molecule is COc1cc(C)c(F)c(Cc2ccc3ncn(-c4cnn(C)c4)c(=O)c3c2)c1. The molecule has 6 nitrogen and oxygen atoms in total. The number of nitrogens with zero attached hydrogens (tertiary/aromatic N) is 4. The molecule has 0 saturated heterocycles. The van der Waals surface area contributed by atoms with Gasteiger partial charge in [0.05, 0.1) is 29.9 Å². The molecule has 0 unspecified atom stereocenters. The molecule has 0 atom stereocenters. The molecule has 142 valence electrons. The molecule has 2 heterocycles. The molecule has 0 aliphatic carbocycles. The quantitative estimate of drug-likeness (QED) is 0.547. The van der Waals surface area contributed by atoms with E-state index in [9.17, 15) is 9.18 Å². The van der Waals surface area contributed by atoms with Crippen LogP contribution in [0.15, 0.2) is 53.8 Å². The van der Waals surface area contributed by atoms with E-state index >= 15 is 0 Å². The van der Waals surface area contributed by atoms with E-state index in [0.717, 1.165) is 5.56 Å². The molecule has 0 N–H and O–H groups in total. The van der Waals surface area contributed by atoms with Gasteiger partial charge in [-0.1, -0.05) is 6.07 Å². The molecule has 0 fully saturated rings. The van der Waals surface area contributed by atoms with Gasteiger partial charge < -0.3 is 4.74 Å². The van der Waals surface area contributed by atoms with Crippen molar-refractivity contribution >= 4 is 10.9 Å². The molecule has 7 heteroatoms. The highest BCUT2D eigenvalue weighted by Crippen LogP contribution is 2.24. The lowest BCUT2D eigenvalue weighted by molar-refractivity contribution is 0.412. The van der Waals surface area contributed by atoms with Gasteiger partial charge >= 0.3 is 0 Å². The van der Waals surface area contributed by atoms with Crippen molar-refractivity contribution < 1.29 is 9.13 Å². The van der Waals surface area contributed by atoms with Crippen LogP contribution >= 0.6 is 0 Å². The van der Waals surface area contributed by atoms with E-state index in [0.29, 0.717) is 39.9 Å². The highest BCUT2D eigenvalue weighted by molar-refractivity contribution is 5.78. The maximum Gasteiger partial charge on any atom is 0.265 e. The third-order valence-electron chi connectivity index (χ3n) is 4.73. The Morgan fingerprint density at radius 1 is 1.21 bits per heavy atom. The number of fused-ring (bicyclic) bond motifs is 1. The van der Waals surface area contributed by atoms with E-state index in [1.54, 1.807) is 62.4 Å². The number of aryl methyl sites for hydroxylation is 2. The molecule has 0 spiro atoms. The second kappa shape index (κ2) is 6.92. The lowest BCUT2D eigenvalue weighted by Crippen LogP contribution is -2.18. The van der Waals surface area contributed by atoms with E-state index in [1.165, 1.54) is 10.9 Å². The molecule has 0 aliphatic heterocycles. The fourth-order valence-corrected chi connectivity index (χ4v) is 3.27. The minimum atomic E-state index is -0.264. The Balaban J connectivity index is 1.79. The topological polar surface area (TPSA) is 61.9 Å². The maximum absolute atomic E-state index is 14.5. The lowest BCUT2D eigenvalue weighted by Gasteiger charge is -2.10. The van der Waals surface area contributed by atoms with Crippen molar-refractivity contribution in [2.75, 3.05) is 7.11 Å². The molecule has 0 amide bonds. The van der Waals surface area contributed by atoms with Gasteiger partial charge in [-0.05, 0) is 47.9 Å². The molecule has 0 aliphatic rings. The molecule has 0 radical (unpaired) electrons. The summed E-state index contributed by atoms with van der Waals surface area (Å²) in [5.41, 5.74) is 2.91. The van der Waals surface area contributed by atoms with Gasteiger partial charge in [-0.15, -0.1) is 0 Å². The number of hydrogen-bond donors (Lipinski definition) is 0. The zero-order valence-electron chi connectivity index (χ0n) is 15.8. The van der Waals surface area contributed by atoms with Crippen LogP contribution in [0.2, 0.25) is 0 Å². The minimum absolute atomic E-state index is 0.192. The van der Waals surface area contributed by atoms with Gasteiger partial charge in [0, 0.05) is 19.7 Å². The molecule has 2 aromatic carbocycles. The van der Waals surface area contributed by atoms with Gasteiger partial charge in [0.15, 0.2) is 0 Å². The molecular weight excluding hydrogens is 359 g/mol. The number of hydrogen-bond acceptors (Lipinski definition) is 4. The first-order valence-corrected chi connectivity index (χ1v) is 8.78. The fourth-order valence-electron chi connectivity index (χ4n) is 3.27. The average molecular weight is 378 g/mol. The van der Waals surface area contributed by atoms with Gasteiger partial charge in [-0.3, -0.25) is 14.0 Å². The smallest absolute Gasteiger partial charge is 0.265 e. The molecular formula is C21H19FN4O2. The van der Waals surface area contributed by atoms with Gasteiger partial charge in [0.2, 0.25) is 0 Å². The number of halogens is 1. The van der Waals surface area contributed by atoms with E-state index in [2.05, 4.69) is 10.1 Å². The average Bonchev–Trinajstić information content (AvgIpc) is 3.12. The Morgan fingerprint density at radius 2 is 2.04 bits per heavy atom. The van der Waals surface area contributed by atoms with Crippen molar-refractivity contribution in [3.63, 3.8) is 0 Å². The highest BCUT2D eigenvalue weighted by atomic mass is 19.1. The largest absolute Gasteiger partial charge is 0.497 e. The summed E-state index contributed by atoms with van der Waals surface area (Å²) in [6.07, 6.45) is 5.19. The van der Waals surface area contributed by atoms with E-state index in [4.69, 9.17) is 4.74 Å². The van der Waals surface area contributed by atoms with Crippen molar-refractivity contribution in [1.82, 2.24) is 19.3 Å². The first-order chi connectivity index (χ1) is 13.5. The van der Waals surface area contributed by atoms with Crippen LogP contribution in [0.3, 0.4) is 0 Å². The zero-order chi connectivity index (χ0) is 19.8. The normalized spacial score (nSPS) is 11.1. The van der Waals surface area contributed by atoms with Crippen LogP contribution in [0.4, 0.5) is 4.39 Å².